The minimum atomic E-state index is -3.66. The van der Waals surface area contributed by atoms with Gasteiger partial charge < -0.3 is 30.2 Å². The van der Waals surface area contributed by atoms with Gasteiger partial charge in [-0.2, -0.15) is 8.42 Å². The molecule has 1 unspecified atom stereocenters. The van der Waals surface area contributed by atoms with E-state index in [4.69, 9.17) is 14.7 Å². The number of aromatic nitrogens is 2. The number of hydrogen-bond donors (Lipinski definition) is 3. The number of hydrogen-bond acceptors (Lipinski definition) is 7. The molecule has 0 saturated heterocycles. The Hall–Kier alpha value is -5.34. The zero-order valence-electron chi connectivity index (χ0n) is 26.2. The van der Waals surface area contributed by atoms with Gasteiger partial charge in [0.2, 0.25) is 0 Å². The molecule has 3 aliphatic rings. The first kappa shape index (κ1) is 30.0. The van der Waals surface area contributed by atoms with Crippen LogP contribution in [0.3, 0.4) is 0 Å². The summed E-state index contributed by atoms with van der Waals surface area (Å²) in [5.74, 6) is -0.213. The highest BCUT2D eigenvalue weighted by molar-refractivity contribution is 7.85. The molecule has 1 atom stereocenters. The van der Waals surface area contributed by atoms with E-state index < -0.39 is 16.1 Å². The zero-order chi connectivity index (χ0) is 33.5. The number of primary amides is 1. The third kappa shape index (κ3) is 4.78. The van der Waals surface area contributed by atoms with Crippen molar-refractivity contribution in [2.24, 2.45) is 5.73 Å². The Balaban J connectivity index is 1.08. The van der Waals surface area contributed by atoms with Crippen molar-refractivity contribution in [3.8, 4) is 5.75 Å². The number of aromatic amines is 2. The predicted octanol–water partition coefficient (Wildman–Crippen LogP) is 4.02. The van der Waals surface area contributed by atoms with Crippen LogP contribution in [0.1, 0.15) is 43.6 Å². The van der Waals surface area contributed by atoms with Crippen molar-refractivity contribution in [1.82, 2.24) is 9.97 Å². The van der Waals surface area contributed by atoms with Crippen LogP contribution in [0.4, 0.5) is 21.9 Å². The van der Waals surface area contributed by atoms with Gasteiger partial charge >= 0.3 is 6.03 Å². The van der Waals surface area contributed by atoms with Gasteiger partial charge in [-0.15, -0.1) is 0 Å². The second kappa shape index (κ2) is 10.9. The minimum absolute atomic E-state index is 0.0866. The number of benzene rings is 3. The highest BCUT2D eigenvalue weighted by Gasteiger charge is 2.36. The van der Waals surface area contributed by atoms with Crippen LogP contribution < -0.4 is 25.2 Å². The first-order valence-corrected chi connectivity index (χ1v) is 17.3. The van der Waals surface area contributed by atoms with Crippen LogP contribution in [0, 0.1) is 0 Å². The van der Waals surface area contributed by atoms with E-state index in [1.807, 2.05) is 42.5 Å². The fourth-order valence-corrected chi connectivity index (χ4v) is 7.78. The molecule has 3 aliphatic heterocycles. The topological polar surface area (TPSA) is 171 Å². The molecule has 0 bridgehead atoms. The van der Waals surface area contributed by atoms with Crippen molar-refractivity contribution in [3.05, 3.63) is 82.7 Å². The molecule has 0 spiro atoms. The quantitative estimate of drug-likeness (QED) is 0.229. The van der Waals surface area contributed by atoms with Crippen molar-refractivity contribution in [3.63, 3.8) is 0 Å². The Morgan fingerprint density at radius 1 is 0.812 bits per heavy atom. The van der Waals surface area contributed by atoms with Gasteiger partial charge in [-0.05, 0) is 72.0 Å². The molecule has 5 aromatic rings. The lowest BCUT2D eigenvalue weighted by atomic mass is 10.0. The van der Waals surface area contributed by atoms with Crippen LogP contribution in [-0.4, -0.2) is 75.8 Å². The maximum atomic E-state index is 14.0. The summed E-state index contributed by atoms with van der Waals surface area (Å²) >= 11 is 0. The molecule has 5 heterocycles. The summed E-state index contributed by atoms with van der Waals surface area (Å²) in [6.45, 7) is 1.13. The van der Waals surface area contributed by atoms with E-state index in [0.29, 0.717) is 48.8 Å². The van der Waals surface area contributed by atoms with Gasteiger partial charge in [0, 0.05) is 64.8 Å². The fourth-order valence-electron chi connectivity index (χ4n) is 7.37. The number of H-pyrrole nitrogens is 2. The van der Waals surface area contributed by atoms with Gasteiger partial charge in [0.25, 0.3) is 21.9 Å². The van der Waals surface area contributed by atoms with Crippen LogP contribution in [-0.2, 0) is 27.1 Å². The SMILES string of the molecule is COc1ccc2c(c1)N(C(=O)c1cc3c4c(ccc3[nH]1)N(C(=O)c1cc3c5c(ccc3[nH]1)N(C(N)=O)CC5)CC4)CC2COS(C)(=O)=O. The number of methoxy groups -OCH3 is 1. The van der Waals surface area contributed by atoms with E-state index in [1.165, 1.54) is 0 Å². The van der Waals surface area contributed by atoms with Crippen molar-refractivity contribution >= 4 is 66.8 Å². The van der Waals surface area contributed by atoms with E-state index in [2.05, 4.69) is 9.97 Å². The second-order valence-electron chi connectivity index (χ2n) is 12.4. The first-order chi connectivity index (χ1) is 23.0. The Morgan fingerprint density at radius 2 is 1.40 bits per heavy atom. The maximum Gasteiger partial charge on any atom is 0.319 e. The maximum absolute atomic E-state index is 14.0. The zero-order valence-corrected chi connectivity index (χ0v) is 27.0. The van der Waals surface area contributed by atoms with Crippen LogP contribution in [0.25, 0.3) is 21.8 Å². The number of urea groups is 1. The summed E-state index contributed by atoms with van der Waals surface area (Å²) < 4.78 is 34.0. The van der Waals surface area contributed by atoms with Gasteiger partial charge in [0.05, 0.1) is 25.7 Å². The van der Waals surface area contributed by atoms with E-state index in [-0.39, 0.29) is 30.9 Å². The molecule has 14 heteroatoms. The summed E-state index contributed by atoms with van der Waals surface area (Å²) in [5, 5.41) is 1.75. The fraction of sp³-hybridized carbons (Fsp3) is 0.265. The molecule has 0 radical (unpaired) electrons. The Morgan fingerprint density at radius 3 is 1.98 bits per heavy atom. The molecule has 13 nitrogen and oxygen atoms in total. The third-order valence-electron chi connectivity index (χ3n) is 9.60. The van der Waals surface area contributed by atoms with Crippen LogP contribution >= 0.6 is 0 Å². The molecule has 48 heavy (non-hydrogen) atoms. The number of nitrogens with zero attached hydrogens (tertiary/aromatic N) is 3. The van der Waals surface area contributed by atoms with E-state index in [9.17, 15) is 22.8 Å². The van der Waals surface area contributed by atoms with Gasteiger partial charge in [-0.1, -0.05) is 6.07 Å². The number of fused-ring (bicyclic) bond motifs is 7. The lowest BCUT2D eigenvalue weighted by Crippen LogP contribution is -2.33. The molecule has 4 amide bonds. The van der Waals surface area contributed by atoms with Gasteiger partial charge in [-0.3, -0.25) is 18.7 Å². The van der Waals surface area contributed by atoms with Gasteiger partial charge in [0.1, 0.15) is 17.1 Å². The average Bonchev–Trinajstić information content (AvgIpc) is 3.88. The largest absolute Gasteiger partial charge is 0.497 e. The summed E-state index contributed by atoms with van der Waals surface area (Å²) in [7, 11) is -2.12. The highest BCUT2D eigenvalue weighted by atomic mass is 32.2. The number of amides is 4. The Bertz CT molecular complexity index is 2310. The van der Waals surface area contributed by atoms with Gasteiger partial charge in [0.15, 0.2) is 0 Å². The number of rotatable bonds is 6. The molecule has 246 valence electrons. The smallest absolute Gasteiger partial charge is 0.319 e. The summed E-state index contributed by atoms with van der Waals surface area (Å²) in [4.78, 5) is 51.2. The number of carbonyl (C=O) groups is 3. The van der Waals surface area contributed by atoms with E-state index >= 15 is 0 Å². The van der Waals surface area contributed by atoms with Gasteiger partial charge in [-0.25, -0.2) is 4.79 Å². The molecule has 3 aromatic carbocycles. The number of anilines is 3. The lowest BCUT2D eigenvalue weighted by molar-refractivity contribution is 0.0976. The normalized spacial score (nSPS) is 16.9. The number of nitrogens with one attached hydrogen (secondary N) is 2. The summed E-state index contributed by atoms with van der Waals surface area (Å²) in [6, 6.07) is 16.0. The molecule has 0 saturated carbocycles. The standard InChI is InChI=1S/C34H32N6O7S/c1-46-19-3-4-20-18(17-47-48(2,44)45)16-40(31(20)13-19)33(42)28-15-23-21-9-11-38(29(21)7-5-25(23)37-28)32(41)27-14-24-22-10-12-39(34(35)43)30(22)8-6-26(24)36-27/h3-8,13-15,18,36-37H,9-12,16-17H2,1-2H3,(H2,35,43). The first-order valence-electron chi connectivity index (χ1n) is 15.5. The van der Waals surface area contributed by atoms with Crippen LogP contribution in [0.15, 0.2) is 54.6 Å². The van der Waals surface area contributed by atoms with Crippen molar-refractivity contribution in [2.45, 2.75) is 18.8 Å². The molecule has 0 aliphatic carbocycles. The van der Waals surface area contributed by atoms with E-state index in [0.717, 1.165) is 56.1 Å². The van der Waals surface area contributed by atoms with Crippen molar-refractivity contribution in [2.75, 3.05) is 54.3 Å². The average molecular weight is 669 g/mol. The summed E-state index contributed by atoms with van der Waals surface area (Å²) in [5.41, 5.74) is 12.9. The van der Waals surface area contributed by atoms with Crippen molar-refractivity contribution in [1.29, 1.82) is 0 Å². The number of nitrogens with two attached hydrogens (primary N) is 1. The third-order valence-corrected chi connectivity index (χ3v) is 10.2. The van der Waals surface area contributed by atoms with E-state index in [1.54, 1.807) is 33.9 Å². The number of carbonyl (C=O) groups excluding carboxylic acids is 3. The monoisotopic (exact) mass is 668 g/mol. The van der Waals surface area contributed by atoms with Crippen LogP contribution in [0.2, 0.25) is 0 Å². The van der Waals surface area contributed by atoms with Crippen molar-refractivity contribution < 1.29 is 31.7 Å². The molecular formula is C34H32N6O7S. The number of ether oxygens (including phenoxy) is 1. The van der Waals surface area contributed by atoms with Crippen LogP contribution in [0.5, 0.6) is 5.75 Å². The second-order valence-corrected chi connectivity index (χ2v) is 14.0. The molecule has 4 N–H and O–H groups in total. The Kier molecular flexibility index (Phi) is 6.79. The highest BCUT2D eigenvalue weighted by Crippen LogP contribution is 2.41. The molecule has 8 rings (SSSR count). The minimum Gasteiger partial charge on any atom is -0.497 e. The summed E-state index contributed by atoms with van der Waals surface area (Å²) in [6.07, 6.45) is 2.27. The Labute approximate surface area is 275 Å². The predicted molar refractivity (Wildman–Crippen MR) is 181 cm³/mol. The molecule has 2 aromatic heterocycles. The lowest BCUT2D eigenvalue weighted by Gasteiger charge is -2.17. The molecular weight excluding hydrogens is 636 g/mol. The molecule has 0 fully saturated rings.